The van der Waals surface area contributed by atoms with Crippen LogP contribution in [0.5, 0.6) is 0 Å². The molecule has 0 aliphatic carbocycles. The number of nitrogens with zero attached hydrogens (tertiary/aromatic N) is 4. The number of amides is 1. The van der Waals surface area contributed by atoms with E-state index in [0.717, 1.165) is 70.8 Å². The van der Waals surface area contributed by atoms with E-state index < -0.39 is 0 Å². The largest absolute Gasteiger partial charge is 0.373 e. The normalized spacial score (nSPS) is 27.2. The van der Waals surface area contributed by atoms with Gasteiger partial charge in [-0.15, -0.1) is 0 Å². The van der Waals surface area contributed by atoms with Crippen LogP contribution in [0.15, 0.2) is 18.2 Å². The zero-order valence-electron chi connectivity index (χ0n) is 16.0. The highest BCUT2D eigenvalue weighted by Crippen LogP contribution is 2.38. The van der Waals surface area contributed by atoms with Crippen molar-refractivity contribution in [3.63, 3.8) is 0 Å². The second-order valence-corrected chi connectivity index (χ2v) is 8.15. The van der Waals surface area contributed by atoms with Gasteiger partial charge in [-0.05, 0) is 45.4 Å². The molecule has 6 nitrogen and oxygen atoms in total. The highest BCUT2D eigenvalue weighted by Gasteiger charge is 2.45. The summed E-state index contributed by atoms with van der Waals surface area (Å²) >= 11 is 0. The number of hydrogen-bond donors (Lipinski definition) is 0. The molecule has 1 aromatic rings. The summed E-state index contributed by atoms with van der Waals surface area (Å²) in [6.07, 6.45) is 2.99. The number of piperazine rings is 1. The van der Waals surface area contributed by atoms with E-state index in [1.54, 1.807) is 0 Å². The maximum absolute atomic E-state index is 12.7. The molecule has 1 atom stereocenters. The van der Waals surface area contributed by atoms with E-state index in [4.69, 9.17) is 4.74 Å². The van der Waals surface area contributed by atoms with Gasteiger partial charge >= 0.3 is 0 Å². The van der Waals surface area contributed by atoms with Crippen molar-refractivity contribution in [2.24, 2.45) is 0 Å². The topological polar surface area (TPSA) is 48.9 Å². The van der Waals surface area contributed by atoms with E-state index in [2.05, 4.69) is 21.8 Å². The molecule has 0 unspecified atom stereocenters. The Morgan fingerprint density at radius 3 is 2.58 bits per heavy atom. The van der Waals surface area contributed by atoms with E-state index in [0.29, 0.717) is 11.7 Å². The van der Waals surface area contributed by atoms with E-state index in [-0.39, 0.29) is 11.5 Å². The lowest BCUT2D eigenvalue weighted by molar-refractivity contribution is -0.0396. The van der Waals surface area contributed by atoms with E-state index in [1.165, 1.54) is 0 Å². The Kier molecular flexibility index (Phi) is 4.99. The Morgan fingerprint density at radius 1 is 1.15 bits per heavy atom. The van der Waals surface area contributed by atoms with E-state index in [9.17, 15) is 4.79 Å². The first-order valence-electron chi connectivity index (χ1n) is 9.84. The second kappa shape index (κ2) is 7.25. The van der Waals surface area contributed by atoms with Crippen LogP contribution in [-0.4, -0.2) is 90.2 Å². The lowest BCUT2D eigenvalue weighted by Crippen LogP contribution is -2.50. The Hall–Kier alpha value is -1.50. The lowest BCUT2D eigenvalue weighted by Gasteiger charge is -2.39. The summed E-state index contributed by atoms with van der Waals surface area (Å²) in [5, 5.41) is 0. The zero-order chi connectivity index (χ0) is 18.1. The zero-order valence-corrected chi connectivity index (χ0v) is 16.0. The number of likely N-dealkylation sites (N-methyl/N-ethyl adjacent to an activating group) is 1. The van der Waals surface area contributed by atoms with Gasteiger partial charge in [0.25, 0.3) is 5.91 Å². The molecule has 0 N–H and O–H groups in total. The molecule has 0 saturated carbocycles. The number of carbonyl (C=O) groups excluding carboxylic acids is 1. The number of aryl methyl sites for hydroxylation is 1. The monoisotopic (exact) mass is 358 g/mol. The van der Waals surface area contributed by atoms with E-state index >= 15 is 0 Å². The number of likely N-dealkylation sites (tertiary alicyclic amines) is 1. The molecule has 3 aliphatic rings. The van der Waals surface area contributed by atoms with Crippen molar-refractivity contribution in [2.45, 2.75) is 37.8 Å². The number of pyridine rings is 1. The van der Waals surface area contributed by atoms with Crippen LogP contribution in [0.25, 0.3) is 0 Å². The van der Waals surface area contributed by atoms with Gasteiger partial charge in [0.15, 0.2) is 0 Å². The number of ether oxygens (including phenoxy) is 1. The summed E-state index contributed by atoms with van der Waals surface area (Å²) in [5.74, 6) is 0.0529. The Bertz CT molecular complexity index is 649. The van der Waals surface area contributed by atoms with Crippen molar-refractivity contribution < 1.29 is 9.53 Å². The van der Waals surface area contributed by atoms with Crippen LogP contribution in [0, 0.1) is 6.92 Å². The first-order valence-corrected chi connectivity index (χ1v) is 9.84. The molecule has 0 aromatic carbocycles. The summed E-state index contributed by atoms with van der Waals surface area (Å²) in [5.41, 5.74) is 1.42. The van der Waals surface area contributed by atoms with Crippen molar-refractivity contribution in [1.29, 1.82) is 0 Å². The molecule has 142 valence electrons. The summed E-state index contributed by atoms with van der Waals surface area (Å²) < 4.78 is 6.32. The third-order valence-electron chi connectivity index (χ3n) is 6.31. The predicted octanol–water partition coefficient (Wildman–Crippen LogP) is 1.40. The fraction of sp³-hybridized carbons (Fsp3) is 0.700. The van der Waals surface area contributed by atoms with Gasteiger partial charge in [-0.1, -0.05) is 6.07 Å². The van der Waals surface area contributed by atoms with Crippen LogP contribution in [-0.2, 0) is 4.74 Å². The molecule has 3 saturated heterocycles. The van der Waals surface area contributed by atoms with Gasteiger partial charge in [0, 0.05) is 51.0 Å². The third kappa shape index (κ3) is 3.63. The van der Waals surface area contributed by atoms with Gasteiger partial charge in [0.05, 0.1) is 12.2 Å². The van der Waals surface area contributed by atoms with Crippen LogP contribution in [0.2, 0.25) is 0 Å². The third-order valence-corrected chi connectivity index (χ3v) is 6.31. The molecule has 3 aliphatic heterocycles. The van der Waals surface area contributed by atoms with Crippen LogP contribution in [0.1, 0.15) is 35.4 Å². The molecule has 0 radical (unpaired) electrons. The predicted molar refractivity (Wildman–Crippen MR) is 100 cm³/mol. The summed E-state index contributed by atoms with van der Waals surface area (Å²) in [6, 6.07) is 6.19. The van der Waals surface area contributed by atoms with E-state index in [1.807, 2.05) is 30.0 Å². The van der Waals surface area contributed by atoms with Gasteiger partial charge in [-0.25, -0.2) is 4.98 Å². The number of hydrogen-bond acceptors (Lipinski definition) is 5. The average Bonchev–Trinajstić information content (AvgIpc) is 3.06. The van der Waals surface area contributed by atoms with Crippen LogP contribution in [0.3, 0.4) is 0 Å². The van der Waals surface area contributed by atoms with Crippen molar-refractivity contribution in [2.75, 3.05) is 52.9 Å². The second-order valence-electron chi connectivity index (χ2n) is 8.15. The Labute approximate surface area is 156 Å². The van der Waals surface area contributed by atoms with Crippen LogP contribution < -0.4 is 0 Å². The van der Waals surface area contributed by atoms with Gasteiger partial charge in [-0.2, -0.15) is 0 Å². The maximum atomic E-state index is 12.7. The Morgan fingerprint density at radius 2 is 1.88 bits per heavy atom. The number of aromatic nitrogens is 1. The molecule has 1 spiro atoms. The van der Waals surface area contributed by atoms with Gasteiger partial charge < -0.3 is 14.5 Å². The molecule has 1 amide bonds. The van der Waals surface area contributed by atoms with Gasteiger partial charge in [-0.3, -0.25) is 9.69 Å². The smallest absolute Gasteiger partial charge is 0.272 e. The SMILES string of the molecule is Cc1cccc(C(=O)N2CCC3(CC2)C[C@@H](N2CCN(C)CC2)CO3)n1. The molecule has 4 rings (SSSR count). The average molecular weight is 358 g/mol. The molecule has 1 aromatic heterocycles. The minimum Gasteiger partial charge on any atom is -0.373 e. The molecule has 0 bridgehead atoms. The van der Waals surface area contributed by atoms with Crippen molar-refractivity contribution in [1.82, 2.24) is 19.7 Å². The highest BCUT2D eigenvalue weighted by atomic mass is 16.5. The van der Waals surface area contributed by atoms with Crippen molar-refractivity contribution >= 4 is 5.91 Å². The van der Waals surface area contributed by atoms with Gasteiger partial charge in [0.1, 0.15) is 5.69 Å². The number of piperidine rings is 1. The first-order chi connectivity index (χ1) is 12.5. The summed E-state index contributed by atoms with van der Waals surface area (Å²) in [4.78, 5) is 24.0. The fourth-order valence-electron chi connectivity index (χ4n) is 4.53. The first kappa shape index (κ1) is 17.9. The minimum absolute atomic E-state index is 0.0230. The maximum Gasteiger partial charge on any atom is 0.272 e. The highest BCUT2D eigenvalue weighted by molar-refractivity contribution is 5.92. The molecule has 26 heavy (non-hydrogen) atoms. The van der Waals surface area contributed by atoms with Crippen LogP contribution in [0.4, 0.5) is 0 Å². The molecular weight excluding hydrogens is 328 g/mol. The fourth-order valence-corrected chi connectivity index (χ4v) is 4.53. The quantitative estimate of drug-likeness (QED) is 0.800. The summed E-state index contributed by atoms with van der Waals surface area (Å²) in [6.45, 7) is 8.89. The van der Waals surface area contributed by atoms with Crippen LogP contribution >= 0.6 is 0 Å². The molecule has 3 fully saturated rings. The minimum atomic E-state index is -0.0230. The molecule has 6 heteroatoms. The van der Waals surface area contributed by atoms with Gasteiger partial charge in [0.2, 0.25) is 0 Å². The Balaban J connectivity index is 1.33. The number of carbonyl (C=O) groups is 1. The lowest BCUT2D eigenvalue weighted by atomic mass is 9.87. The van der Waals surface area contributed by atoms with Crippen molar-refractivity contribution in [3.05, 3.63) is 29.6 Å². The standard InChI is InChI=1S/C20H30N4O2/c1-16-4-3-5-18(21-16)19(25)24-8-6-20(7-9-24)14-17(15-26-20)23-12-10-22(2)11-13-23/h3-5,17H,6-15H2,1-2H3/t17-/m1/s1. The molecule has 4 heterocycles. The molecular formula is C20H30N4O2. The summed E-state index contributed by atoms with van der Waals surface area (Å²) in [7, 11) is 2.19. The number of rotatable bonds is 2. The van der Waals surface area contributed by atoms with Crippen molar-refractivity contribution in [3.8, 4) is 0 Å².